The van der Waals surface area contributed by atoms with Crippen molar-refractivity contribution in [1.82, 2.24) is 35.2 Å². The minimum Gasteiger partial charge on any atom is -0.444 e. The van der Waals surface area contributed by atoms with Crippen LogP contribution in [-0.4, -0.2) is 133 Å². The van der Waals surface area contributed by atoms with E-state index >= 15 is 0 Å². The predicted molar refractivity (Wildman–Crippen MR) is 242 cm³/mol. The van der Waals surface area contributed by atoms with Gasteiger partial charge < -0.3 is 24.4 Å². The minimum atomic E-state index is -0.579. The first kappa shape index (κ1) is 54.9. The molecular formula is C47H65N7O9. The maximum atomic E-state index is 12.2. The van der Waals surface area contributed by atoms with Crippen molar-refractivity contribution in [2.45, 2.75) is 66.9 Å². The van der Waals surface area contributed by atoms with E-state index in [4.69, 9.17) is 19.0 Å². The zero-order valence-electron chi connectivity index (χ0n) is 38.7. The van der Waals surface area contributed by atoms with Crippen LogP contribution in [0.15, 0.2) is 85.5 Å². The smallest absolute Gasteiger partial charge is 0.410 e. The first-order valence-corrected chi connectivity index (χ1v) is 20.3. The molecule has 342 valence electrons. The molecule has 0 saturated heterocycles. The molecule has 1 N–H and O–H groups in total. The Labute approximate surface area is 372 Å². The molecular weight excluding hydrogens is 807 g/mol. The summed E-state index contributed by atoms with van der Waals surface area (Å²) < 4.78 is 15.3. The lowest BCUT2D eigenvalue weighted by Crippen LogP contribution is -2.39. The largest absolute Gasteiger partial charge is 0.444 e. The average Bonchev–Trinajstić information content (AvgIpc) is 3.25. The quantitative estimate of drug-likeness (QED) is 0.0474. The molecule has 16 heteroatoms. The van der Waals surface area contributed by atoms with Gasteiger partial charge >= 0.3 is 6.09 Å². The minimum absolute atomic E-state index is 0.0774. The third-order valence-corrected chi connectivity index (χ3v) is 8.18. The molecule has 0 radical (unpaired) electrons. The van der Waals surface area contributed by atoms with Crippen molar-refractivity contribution < 1.29 is 43.0 Å². The molecule has 0 unspecified atom stereocenters. The van der Waals surface area contributed by atoms with E-state index in [-0.39, 0.29) is 36.2 Å². The van der Waals surface area contributed by atoms with E-state index in [1.54, 1.807) is 84.5 Å². The van der Waals surface area contributed by atoms with Crippen LogP contribution in [0.1, 0.15) is 98.3 Å². The Morgan fingerprint density at radius 2 is 1.08 bits per heavy atom. The standard InChI is InChI=1S/C17H26N2O4.C12H18N2O2.C9H12N2O2.C9H9NO/c1-13-7-6-8-14(18-13)15(20)9-10-19(11-12-22-5)16(21)23-17(2,3)4;1-10-4-3-5-11(14-10)12(15)6-7-13-8-9-16-2;1-7-5-4-6-8(10-7)9(12)11(2)13-3;1-3-9(11)8-6-4-5-7(2)10-8/h6-8H,9-12H2,1-5H3;3-5,13H,6-9H2,1-2H3;4-6H,1-3H3;3-6H,1H2,2H3. The lowest BCUT2D eigenvalue weighted by molar-refractivity contribution is -0.0760. The number of carbonyl (C=O) groups excluding carboxylic acids is 5. The number of methoxy groups -OCH3 is 2. The number of Topliss-reactive ketones (excluding diaryl/α,β-unsaturated/α-hetero) is 2. The van der Waals surface area contributed by atoms with Gasteiger partial charge in [-0.2, -0.15) is 0 Å². The van der Waals surface area contributed by atoms with Gasteiger partial charge in [-0.1, -0.05) is 30.8 Å². The number of aryl methyl sites for hydroxylation is 4. The summed E-state index contributed by atoms with van der Waals surface area (Å²) in [5.74, 6) is -0.395. The zero-order chi connectivity index (χ0) is 47.4. The fraction of sp³-hybridized carbons (Fsp3) is 0.426. The van der Waals surface area contributed by atoms with Gasteiger partial charge in [-0.3, -0.25) is 34.0 Å². The van der Waals surface area contributed by atoms with Crippen LogP contribution in [0.2, 0.25) is 0 Å². The van der Waals surface area contributed by atoms with Crippen LogP contribution in [-0.2, 0) is 19.0 Å². The topological polar surface area (TPSA) is 192 Å². The molecule has 2 amide bonds. The Hall–Kier alpha value is -6.07. The van der Waals surface area contributed by atoms with E-state index in [9.17, 15) is 24.0 Å². The number of hydrogen-bond donors (Lipinski definition) is 1. The molecule has 0 fully saturated rings. The second kappa shape index (κ2) is 30.1. The number of nitrogens with zero attached hydrogens (tertiary/aromatic N) is 6. The molecule has 0 aliphatic heterocycles. The van der Waals surface area contributed by atoms with E-state index in [1.165, 1.54) is 18.1 Å². The summed E-state index contributed by atoms with van der Waals surface area (Å²) in [7, 11) is 6.21. The fourth-order valence-corrected chi connectivity index (χ4v) is 4.90. The molecule has 4 aromatic heterocycles. The van der Waals surface area contributed by atoms with E-state index in [2.05, 4.69) is 31.8 Å². The zero-order valence-corrected chi connectivity index (χ0v) is 38.7. The van der Waals surface area contributed by atoms with Gasteiger partial charge in [-0.25, -0.2) is 19.8 Å². The van der Waals surface area contributed by atoms with Crippen LogP contribution < -0.4 is 5.32 Å². The number of nitrogens with one attached hydrogen (secondary N) is 1. The average molecular weight is 872 g/mol. The summed E-state index contributed by atoms with van der Waals surface area (Å²) in [6.45, 7) is 19.3. The van der Waals surface area contributed by atoms with Crippen molar-refractivity contribution in [3.05, 3.63) is 131 Å². The number of aromatic nitrogens is 4. The summed E-state index contributed by atoms with van der Waals surface area (Å²) in [6.07, 6.45) is 1.49. The highest BCUT2D eigenvalue weighted by Crippen LogP contribution is 2.11. The number of carbonyl (C=O) groups is 5. The SMILES string of the molecule is C=CC(=O)c1cccc(C)n1.COCCN(CCC(=O)c1cccc(C)n1)C(=O)OC(C)(C)C.COCCNCCC(=O)c1cccc(C)n1.CON(C)C(=O)c1cccc(C)n1. The maximum absolute atomic E-state index is 12.2. The monoisotopic (exact) mass is 871 g/mol. The van der Waals surface area contributed by atoms with Gasteiger partial charge in [0.25, 0.3) is 5.91 Å². The number of hydroxylamine groups is 2. The van der Waals surface area contributed by atoms with E-state index < -0.39 is 11.7 Å². The van der Waals surface area contributed by atoms with Gasteiger partial charge in [0.1, 0.15) is 28.4 Å². The number of allylic oxidation sites excluding steroid dienone is 1. The second-order valence-electron chi connectivity index (χ2n) is 14.8. The normalized spacial score (nSPS) is 10.3. The van der Waals surface area contributed by atoms with Crippen LogP contribution in [0.5, 0.6) is 0 Å². The van der Waals surface area contributed by atoms with Gasteiger partial charge in [0.2, 0.25) is 5.78 Å². The molecule has 16 nitrogen and oxygen atoms in total. The second-order valence-corrected chi connectivity index (χ2v) is 14.8. The number of hydrogen-bond acceptors (Lipinski definition) is 14. The molecule has 0 spiro atoms. The van der Waals surface area contributed by atoms with Gasteiger partial charge in [0, 0.05) is 83.1 Å². The van der Waals surface area contributed by atoms with Crippen molar-refractivity contribution >= 4 is 29.4 Å². The molecule has 63 heavy (non-hydrogen) atoms. The van der Waals surface area contributed by atoms with Crippen molar-refractivity contribution in [2.24, 2.45) is 0 Å². The summed E-state index contributed by atoms with van der Waals surface area (Å²) in [5.41, 5.74) is 4.56. The molecule has 4 rings (SSSR count). The van der Waals surface area contributed by atoms with E-state index in [0.717, 1.165) is 34.4 Å². The van der Waals surface area contributed by atoms with Crippen molar-refractivity contribution in [3.63, 3.8) is 0 Å². The molecule has 4 heterocycles. The highest BCUT2D eigenvalue weighted by molar-refractivity contribution is 6.02. The Balaban J connectivity index is 0.000000437. The molecule has 0 aliphatic carbocycles. The Morgan fingerprint density at radius 1 is 0.635 bits per heavy atom. The lowest BCUT2D eigenvalue weighted by Gasteiger charge is -2.27. The third kappa shape index (κ3) is 23.7. The van der Waals surface area contributed by atoms with Crippen LogP contribution in [0.3, 0.4) is 0 Å². The number of ketones is 3. The fourth-order valence-electron chi connectivity index (χ4n) is 4.90. The van der Waals surface area contributed by atoms with Gasteiger partial charge in [-0.15, -0.1) is 0 Å². The van der Waals surface area contributed by atoms with E-state index in [0.29, 0.717) is 55.5 Å². The van der Waals surface area contributed by atoms with E-state index in [1.807, 2.05) is 58.0 Å². The van der Waals surface area contributed by atoms with Gasteiger partial charge in [0.05, 0.1) is 20.3 Å². The summed E-state index contributed by atoms with van der Waals surface area (Å²) in [6, 6.07) is 21.4. The van der Waals surface area contributed by atoms with Crippen molar-refractivity contribution in [2.75, 3.05) is 67.8 Å². The molecule has 0 aliphatic rings. The van der Waals surface area contributed by atoms with Crippen LogP contribution in [0, 0.1) is 27.7 Å². The van der Waals surface area contributed by atoms with Crippen molar-refractivity contribution in [3.8, 4) is 0 Å². The van der Waals surface area contributed by atoms with Crippen LogP contribution in [0.4, 0.5) is 4.79 Å². The number of pyridine rings is 4. The number of amides is 2. The maximum Gasteiger partial charge on any atom is 0.410 e. The first-order valence-electron chi connectivity index (χ1n) is 20.3. The summed E-state index contributed by atoms with van der Waals surface area (Å²) in [5, 5.41) is 4.27. The van der Waals surface area contributed by atoms with Crippen molar-refractivity contribution in [1.29, 1.82) is 0 Å². The molecule has 0 atom stereocenters. The van der Waals surface area contributed by atoms with Gasteiger partial charge in [0.15, 0.2) is 11.6 Å². The third-order valence-electron chi connectivity index (χ3n) is 8.18. The van der Waals surface area contributed by atoms with Crippen LogP contribution >= 0.6 is 0 Å². The Bertz CT molecular complexity index is 2050. The molecule has 4 aromatic rings. The Morgan fingerprint density at radius 3 is 1.52 bits per heavy atom. The highest BCUT2D eigenvalue weighted by Gasteiger charge is 2.23. The number of ether oxygens (including phenoxy) is 3. The van der Waals surface area contributed by atoms with Gasteiger partial charge in [-0.05, 0) is 103 Å². The molecule has 0 aromatic carbocycles. The summed E-state index contributed by atoms with van der Waals surface area (Å²) in [4.78, 5) is 81.3. The molecule has 0 saturated carbocycles. The van der Waals surface area contributed by atoms with Crippen LogP contribution in [0.25, 0.3) is 0 Å². The first-order chi connectivity index (χ1) is 29.8. The number of rotatable bonds is 18. The Kier molecular flexibility index (Phi) is 26.2. The lowest BCUT2D eigenvalue weighted by atomic mass is 10.2. The highest BCUT2D eigenvalue weighted by atomic mass is 16.7. The molecule has 0 bridgehead atoms. The predicted octanol–water partition coefficient (Wildman–Crippen LogP) is 6.83. The summed E-state index contributed by atoms with van der Waals surface area (Å²) >= 11 is 0.